The number of thiol groups is 1. The molecule has 0 aliphatic carbocycles. The second-order valence-corrected chi connectivity index (χ2v) is 5.39. The number of nitrogens with zero attached hydrogens (tertiary/aromatic N) is 1. The van der Waals surface area contributed by atoms with Crippen molar-refractivity contribution in [2.45, 2.75) is 32.4 Å². The van der Waals surface area contributed by atoms with E-state index in [1.807, 2.05) is 17.7 Å². The zero-order valence-corrected chi connectivity index (χ0v) is 12.4. The zero-order valence-electron chi connectivity index (χ0n) is 11.6. The van der Waals surface area contributed by atoms with Gasteiger partial charge in [0.1, 0.15) is 0 Å². The third-order valence-corrected chi connectivity index (χ3v) is 3.67. The topological polar surface area (TPSA) is 22.0 Å². The molecule has 0 saturated carbocycles. The fraction of sp³-hybridized carbons (Fsp3) is 0.312. The lowest BCUT2D eigenvalue weighted by molar-refractivity contribution is 0.863. The van der Waals surface area contributed by atoms with Gasteiger partial charge in [0.15, 0.2) is 5.43 Å². The standard InChI is InChI=1S/C16H19NOS/c1-11(2)13-4-6-15(7-5-13)17-9-14(10-19)16(18)8-12(17)3/h4-9,11,19H,10H2,1-3H3. The highest BCUT2D eigenvalue weighted by Crippen LogP contribution is 2.18. The van der Waals surface area contributed by atoms with Crippen molar-refractivity contribution in [3.05, 3.63) is 63.6 Å². The van der Waals surface area contributed by atoms with E-state index in [0.29, 0.717) is 11.7 Å². The second-order valence-electron chi connectivity index (χ2n) is 5.08. The Hall–Kier alpha value is -1.48. The molecule has 0 radical (unpaired) electrons. The number of rotatable bonds is 3. The summed E-state index contributed by atoms with van der Waals surface area (Å²) in [5, 5.41) is 0. The average Bonchev–Trinajstić information content (AvgIpc) is 2.39. The van der Waals surface area contributed by atoms with Crippen LogP contribution in [0.5, 0.6) is 0 Å². The van der Waals surface area contributed by atoms with Crippen LogP contribution in [0.2, 0.25) is 0 Å². The molecular formula is C16H19NOS. The number of aryl methyl sites for hydroxylation is 1. The van der Waals surface area contributed by atoms with Crippen LogP contribution in [-0.2, 0) is 5.75 Å². The molecule has 2 aromatic rings. The summed E-state index contributed by atoms with van der Waals surface area (Å²) in [5.74, 6) is 0.987. The lowest BCUT2D eigenvalue weighted by atomic mass is 10.0. The number of benzene rings is 1. The van der Waals surface area contributed by atoms with Gasteiger partial charge >= 0.3 is 0 Å². The third-order valence-electron chi connectivity index (χ3n) is 3.33. The molecule has 0 atom stereocenters. The van der Waals surface area contributed by atoms with Gasteiger partial charge in [-0.25, -0.2) is 0 Å². The van der Waals surface area contributed by atoms with Crippen molar-refractivity contribution in [1.29, 1.82) is 0 Å². The summed E-state index contributed by atoms with van der Waals surface area (Å²) in [5.41, 5.74) is 4.11. The maximum Gasteiger partial charge on any atom is 0.185 e. The van der Waals surface area contributed by atoms with Gasteiger partial charge in [-0.15, -0.1) is 0 Å². The molecule has 1 heterocycles. The Morgan fingerprint density at radius 1 is 1.21 bits per heavy atom. The van der Waals surface area contributed by atoms with Crippen molar-refractivity contribution < 1.29 is 0 Å². The maximum atomic E-state index is 11.7. The fourth-order valence-corrected chi connectivity index (χ4v) is 2.33. The van der Waals surface area contributed by atoms with E-state index in [9.17, 15) is 4.79 Å². The summed E-state index contributed by atoms with van der Waals surface area (Å²) >= 11 is 4.20. The molecule has 0 spiro atoms. The van der Waals surface area contributed by atoms with Gasteiger partial charge in [0.2, 0.25) is 0 Å². The summed E-state index contributed by atoms with van der Waals surface area (Å²) in [7, 11) is 0. The van der Waals surface area contributed by atoms with Gasteiger partial charge in [0.25, 0.3) is 0 Å². The van der Waals surface area contributed by atoms with E-state index < -0.39 is 0 Å². The molecule has 100 valence electrons. The highest BCUT2D eigenvalue weighted by Gasteiger charge is 2.05. The van der Waals surface area contributed by atoms with Gasteiger partial charge in [-0.3, -0.25) is 4.79 Å². The van der Waals surface area contributed by atoms with E-state index in [1.165, 1.54) is 5.56 Å². The molecule has 2 nitrogen and oxygen atoms in total. The quantitative estimate of drug-likeness (QED) is 0.846. The van der Waals surface area contributed by atoms with Gasteiger partial charge < -0.3 is 4.57 Å². The number of pyridine rings is 1. The van der Waals surface area contributed by atoms with E-state index in [1.54, 1.807) is 6.07 Å². The van der Waals surface area contributed by atoms with Crippen LogP contribution in [0.25, 0.3) is 5.69 Å². The predicted octanol–water partition coefficient (Wildman–Crippen LogP) is 3.70. The summed E-state index contributed by atoms with van der Waals surface area (Å²) in [4.78, 5) is 11.7. The Labute approximate surface area is 119 Å². The number of hydrogen-bond acceptors (Lipinski definition) is 2. The molecule has 0 unspecified atom stereocenters. The van der Waals surface area contributed by atoms with Crippen molar-refractivity contribution in [3.63, 3.8) is 0 Å². The SMILES string of the molecule is Cc1cc(=O)c(CS)cn1-c1ccc(C(C)C)cc1. The van der Waals surface area contributed by atoms with Crippen LogP contribution in [0.1, 0.15) is 36.6 Å². The van der Waals surface area contributed by atoms with Crippen molar-refractivity contribution in [2.24, 2.45) is 0 Å². The third kappa shape index (κ3) is 2.92. The molecule has 1 aromatic carbocycles. The second kappa shape index (κ2) is 5.66. The van der Waals surface area contributed by atoms with Crippen LogP contribution in [0, 0.1) is 6.92 Å². The largest absolute Gasteiger partial charge is 0.321 e. The monoisotopic (exact) mass is 273 g/mol. The van der Waals surface area contributed by atoms with Crippen LogP contribution in [0.3, 0.4) is 0 Å². The maximum absolute atomic E-state index is 11.7. The minimum absolute atomic E-state index is 0.0579. The normalized spacial score (nSPS) is 11.0. The first kappa shape index (κ1) is 13.9. The molecular weight excluding hydrogens is 254 g/mol. The molecule has 19 heavy (non-hydrogen) atoms. The van der Waals surface area contributed by atoms with Gasteiger partial charge in [-0.2, -0.15) is 12.6 Å². The van der Waals surface area contributed by atoms with Gasteiger partial charge in [-0.1, -0.05) is 26.0 Å². The average molecular weight is 273 g/mol. The van der Waals surface area contributed by atoms with Crippen molar-refractivity contribution in [3.8, 4) is 5.69 Å². The van der Waals surface area contributed by atoms with E-state index in [2.05, 4.69) is 50.7 Å². The van der Waals surface area contributed by atoms with E-state index >= 15 is 0 Å². The van der Waals surface area contributed by atoms with Gasteiger partial charge in [-0.05, 0) is 30.5 Å². The van der Waals surface area contributed by atoms with E-state index in [-0.39, 0.29) is 5.43 Å². The molecule has 0 N–H and O–H groups in total. The highest BCUT2D eigenvalue weighted by atomic mass is 32.1. The molecule has 3 heteroatoms. The van der Waals surface area contributed by atoms with E-state index in [4.69, 9.17) is 0 Å². The van der Waals surface area contributed by atoms with E-state index in [0.717, 1.165) is 16.9 Å². The predicted molar refractivity (Wildman–Crippen MR) is 83.6 cm³/mol. The first-order valence-corrected chi connectivity index (χ1v) is 7.09. The van der Waals surface area contributed by atoms with Crippen molar-refractivity contribution in [1.82, 2.24) is 4.57 Å². The van der Waals surface area contributed by atoms with Crippen LogP contribution in [0.4, 0.5) is 0 Å². The number of hydrogen-bond donors (Lipinski definition) is 1. The highest BCUT2D eigenvalue weighted by molar-refractivity contribution is 7.79. The summed E-state index contributed by atoms with van der Waals surface area (Å²) < 4.78 is 2.04. The smallest absolute Gasteiger partial charge is 0.185 e. The summed E-state index contributed by atoms with van der Waals surface area (Å²) in [6.45, 7) is 6.30. The molecule has 1 aromatic heterocycles. The Morgan fingerprint density at radius 2 is 1.84 bits per heavy atom. The first-order chi connectivity index (χ1) is 9.02. The minimum Gasteiger partial charge on any atom is -0.321 e. The molecule has 0 amide bonds. The fourth-order valence-electron chi connectivity index (χ4n) is 2.09. The number of aromatic nitrogens is 1. The molecule has 0 bridgehead atoms. The zero-order chi connectivity index (χ0) is 14.0. The molecule has 2 rings (SSSR count). The summed E-state index contributed by atoms with van der Waals surface area (Å²) in [6, 6.07) is 10.1. The molecule has 0 saturated heterocycles. The van der Waals surface area contributed by atoms with Crippen LogP contribution < -0.4 is 5.43 Å². The minimum atomic E-state index is 0.0579. The molecule has 0 aliphatic heterocycles. The Balaban J connectivity index is 2.49. The van der Waals surface area contributed by atoms with Crippen molar-refractivity contribution in [2.75, 3.05) is 0 Å². The lowest BCUT2D eigenvalue weighted by Crippen LogP contribution is -2.13. The Kier molecular flexibility index (Phi) is 4.15. The van der Waals surface area contributed by atoms with Crippen LogP contribution in [0.15, 0.2) is 41.3 Å². The van der Waals surface area contributed by atoms with Crippen LogP contribution in [-0.4, -0.2) is 4.57 Å². The molecule has 0 fully saturated rings. The Morgan fingerprint density at radius 3 is 2.37 bits per heavy atom. The van der Waals surface area contributed by atoms with Crippen LogP contribution >= 0.6 is 12.6 Å². The van der Waals surface area contributed by atoms with Gasteiger partial charge in [0, 0.05) is 35.0 Å². The first-order valence-electron chi connectivity index (χ1n) is 6.46. The summed E-state index contributed by atoms with van der Waals surface area (Å²) in [6.07, 6.45) is 1.88. The van der Waals surface area contributed by atoms with Gasteiger partial charge in [0.05, 0.1) is 0 Å². The molecule has 0 aliphatic rings. The Bertz CT molecular complexity index is 626. The lowest BCUT2D eigenvalue weighted by Gasteiger charge is -2.13. The van der Waals surface area contributed by atoms with Crippen molar-refractivity contribution >= 4 is 12.6 Å².